The Labute approximate surface area is 91.6 Å². The highest BCUT2D eigenvalue weighted by Gasteiger charge is 2.33. The van der Waals surface area contributed by atoms with Crippen LogP contribution in [-0.4, -0.2) is 47.2 Å². The molecule has 4 nitrogen and oxygen atoms in total. The lowest BCUT2D eigenvalue weighted by Gasteiger charge is -2.40. The fraction of sp³-hybridized carbons (Fsp3) is 1.00. The highest BCUT2D eigenvalue weighted by atomic mass is 16.5. The molecule has 0 aliphatic carbocycles. The van der Waals surface area contributed by atoms with Crippen molar-refractivity contribution in [2.24, 2.45) is 0 Å². The molecule has 1 heterocycles. The second-order valence-corrected chi connectivity index (χ2v) is 5.32. The van der Waals surface area contributed by atoms with Gasteiger partial charge in [0, 0.05) is 12.6 Å². The number of rotatable bonds is 4. The van der Waals surface area contributed by atoms with Crippen molar-refractivity contribution in [3.05, 3.63) is 0 Å². The summed E-state index contributed by atoms with van der Waals surface area (Å²) in [5.74, 6) is 0. The normalized spacial score (nSPS) is 26.6. The first-order valence-electron chi connectivity index (χ1n) is 5.54. The van der Waals surface area contributed by atoms with Crippen LogP contribution in [0.15, 0.2) is 0 Å². The van der Waals surface area contributed by atoms with E-state index in [1.54, 1.807) is 0 Å². The Morgan fingerprint density at radius 2 is 2.00 bits per heavy atom. The Bertz CT molecular complexity index is 202. The molecule has 1 fully saturated rings. The van der Waals surface area contributed by atoms with E-state index in [0.29, 0.717) is 6.04 Å². The van der Waals surface area contributed by atoms with Gasteiger partial charge < -0.3 is 20.3 Å². The number of aliphatic hydroxyl groups is 2. The van der Waals surface area contributed by atoms with Crippen LogP contribution in [0.3, 0.4) is 0 Å². The number of aliphatic hydroxyl groups excluding tert-OH is 2. The summed E-state index contributed by atoms with van der Waals surface area (Å²) >= 11 is 0. The molecular weight excluding hydrogens is 194 g/mol. The van der Waals surface area contributed by atoms with Crippen molar-refractivity contribution >= 4 is 0 Å². The first-order chi connectivity index (χ1) is 6.91. The molecule has 0 aromatic carbocycles. The van der Waals surface area contributed by atoms with Crippen LogP contribution in [0.5, 0.6) is 0 Å². The zero-order valence-corrected chi connectivity index (χ0v) is 9.92. The Hall–Kier alpha value is -0.160. The second kappa shape index (κ2) is 4.78. The van der Waals surface area contributed by atoms with Crippen LogP contribution in [0.25, 0.3) is 0 Å². The van der Waals surface area contributed by atoms with Crippen molar-refractivity contribution in [3.8, 4) is 0 Å². The molecule has 90 valence electrons. The van der Waals surface area contributed by atoms with Crippen molar-refractivity contribution in [1.29, 1.82) is 0 Å². The van der Waals surface area contributed by atoms with E-state index >= 15 is 0 Å². The van der Waals surface area contributed by atoms with E-state index in [1.165, 1.54) is 0 Å². The van der Waals surface area contributed by atoms with Gasteiger partial charge in [-0.2, -0.15) is 0 Å². The van der Waals surface area contributed by atoms with Crippen molar-refractivity contribution in [1.82, 2.24) is 5.32 Å². The summed E-state index contributed by atoms with van der Waals surface area (Å²) in [6.45, 7) is 6.59. The zero-order chi connectivity index (χ0) is 11.5. The molecule has 1 aliphatic rings. The minimum Gasteiger partial charge on any atom is -0.394 e. The van der Waals surface area contributed by atoms with Gasteiger partial charge >= 0.3 is 0 Å². The van der Waals surface area contributed by atoms with Crippen molar-refractivity contribution in [2.75, 3.05) is 19.8 Å². The van der Waals surface area contributed by atoms with E-state index in [2.05, 4.69) is 19.2 Å². The van der Waals surface area contributed by atoms with Gasteiger partial charge in [-0.05, 0) is 33.6 Å². The predicted molar refractivity (Wildman–Crippen MR) is 58.8 cm³/mol. The Kier molecular flexibility index (Phi) is 4.12. The second-order valence-electron chi connectivity index (χ2n) is 5.32. The molecular formula is C11H23NO3. The highest BCUT2D eigenvalue weighted by molar-refractivity contribution is 4.90. The number of nitrogens with one attached hydrogen (secondary N) is 1. The van der Waals surface area contributed by atoms with E-state index in [1.807, 2.05) is 6.92 Å². The first kappa shape index (κ1) is 12.9. The summed E-state index contributed by atoms with van der Waals surface area (Å²) in [6.07, 6.45) is 1.83. The molecule has 0 bridgehead atoms. The maximum atomic E-state index is 9.19. The van der Waals surface area contributed by atoms with Crippen LogP contribution in [0, 0.1) is 0 Å². The topological polar surface area (TPSA) is 61.7 Å². The molecule has 0 spiro atoms. The summed E-state index contributed by atoms with van der Waals surface area (Å²) in [7, 11) is 0. The Morgan fingerprint density at radius 3 is 2.47 bits per heavy atom. The monoisotopic (exact) mass is 217 g/mol. The van der Waals surface area contributed by atoms with Crippen LogP contribution in [0.2, 0.25) is 0 Å². The molecule has 4 heteroatoms. The lowest BCUT2D eigenvalue weighted by Crippen LogP contribution is -2.56. The van der Waals surface area contributed by atoms with Gasteiger partial charge in [0.15, 0.2) is 0 Å². The first-order valence-corrected chi connectivity index (χ1v) is 5.54. The van der Waals surface area contributed by atoms with Crippen molar-refractivity contribution in [2.45, 2.75) is 50.8 Å². The van der Waals surface area contributed by atoms with Crippen LogP contribution in [-0.2, 0) is 4.74 Å². The third-order valence-electron chi connectivity index (χ3n) is 2.95. The average molecular weight is 217 g/mol. The summed E-state index contributed by atoms with van der Waals surface area (Å²) < 4.78 is 5.61. The molecule has 15 heavy (non-hydrogen) atoms. The summed E-state index contributed by atoms with van der Waals surface area (Å²) in [5.41, 5.74) is -0.695. The van der Waals surface area contributed by atoms with Crippen LogP contribution >= 0.6 is 0 Å². The maximum Gasteiger partial charge on any atom is 0.0641 e. The third-order valence-corrected chi connectivity index (χ3v) is 2.95. The molecule has 1 saturated heterocycles. The largest absolute Gasteiger partial charge is 0.394 e. The van der Waals surface area contributed by atoms with Crippen LogP contribution in [0.4, 0.5) is 0 Å². The van der Waals surface area contributed by atoms with Crippen LogP contribution < -0.4 is 5.32 Å². The average Bonchev–Trinajstić information content (AvgIpc) is 2.16. The Balaban J connectivity index is 2.51. The smallest absolute Gasteiger partial charge is 0.0641 e. The van der Waals surface area contributed by atoms with Gasteiger partial charge in [0.05, 0.1) is 24.4 Å². The molecule has 0 radical (unpaired) electrons. The summed E-state index contributed by atoms with van der Waals surface area (Å²) in [6, 6.07) is 0.304. The highest BCUT2D eigenvalue weighted by Crippen LogP contribution is 2.25. The van der Waals surface area contributed by atoms with E-state index in [0.717, 1.165) is 19.4 Å². The molecule has 0 saturated carbocycles. The quantitative estimate of drug-likeness (QED) is 0.633. The molecule has 1 aliphatic heterocycles. The number of hydrogen-bond donors (Lipinski definition) is 3. The minimum atomic E-state index is -0.585. The van der Waals surface area contributed by atoms with E-state index in [4.69, 9.17) is 4.74 Å². The summed E-state index contributed by atoms with van der Waals surface area (Å²) in [5, 5.41) is 21.7. The molecule has 0 aromatic heterocycles. The van der Waals surface area contributed by atoms with Gasteiger partial charge in [0.2, 0.25) is 0 Å². The molecule has 1 atom stereocenters. The van der Waals surface area contributed by atoms with Gasteiger partial charge in [-0.15, -0.1) is 0 Å². The van der Waals surface area contributed by atoms with E-state index in [9.17, 15) is 10.2 Å². The van der Waals surface area contributed by atoms with Gasteiger partial charge in [0.25, 0.3) is 0 Å². The summed E-state index contributed by atoms with van der Waals surface area (Å²) in [4.78, 5) is 0. The van der Waals surface area contributed by atoms with Gasteiger partial charge in [-0.25, -0.2) is 0 Å². The predicted octanol–water partition coefficient (Wildman–Crippen LogP) is 0.277. The lowest BCUT2D eigenvalue weighted by molar-refractivity contribution is -0.0695. The molecule has 3 N–H and O–H groups in total. The third kappa shape index (κ3) is 3.72. The standard InChI is InChI=1S/C11H23NO3/c1-10(2)6-9(4-5-15-10)12-11(3,7-13)8-14/h9,12-14H,4-8H2,1-3H3. The number of ether oxygens (including phenoxy) is 1. The van der Waals surface area contributed by atoms with Crippen molar-refractivity contribution in [3.63, 3.8) is 0 Å². The zero-order valence-electron chi connectivity index (χ0n) is 9.92. The van der Waals surface area contributed by atoms with E-state index in [-0.39, 0.29) is 18.8 Å². The maximum absolute atomic E-state index is 9.19. The molecule has 1 rings (SSSR count). The fourth-order valence-electron chi connectivity index (χ4n) is 1.99. The Morgan fingerprint density at radius 1 is 1.40 bits per heavy atom. The van der Waals surface area contributed by atoms with E-state index < -0.39 is 5.54 Å². The minimum absolute atomic E-state index is 0.0543. The van der Waals surface area contributed by atoms with Gasteiger partial charge in [0.1, 0.15) is 0 Å². The van der Waals surface area contributed by atoms with Gasteiger partial charge in [-0.3, -0.25) is 0 Å². The SMILES string of the molecule is CC(CO)(CO)NC1CCOC(C)(C)C1. The molecule has 1 unspecified atom stereocenters. The molecule has 0 amide bonds. The number of hydrogen-bond acceptors (Lipinski definition) is 4. The van der Waals surface area contributed by atoms with Crippen molar-refractivity contribution < 1.29 is 14.9 Å². The molecule has 0 aromatic rings. The van der Waals surface area contributed by atoms with Gasteiger partial charge in [-0.1, -0.05) is 0 Å². The fourth-order valence-corrected chi connectivity index (χ4v) is 1.99. The lowest BCUT2D eigenvalue weighted by atomic mass is 9.91. The van der Waals surface area contributed by atoms with Crippen LogP contribution in [0.1, 0.15) is 33.6 Å².